The van der Waals surface area contributed by atoms with E-state index in [1.54, 1.807) is 6.26 Å². The Balaban J connectivity index is 1.45. The average molecular weight is 345 g/mol. The highest BCUT2D eigenvalue weighted by atomic mass is 32.2. The van der Waals surface area contributed by atoms with Crippen LogP contribution in [0, 0.1) is 23.7 Å². The third kappa shape index (κ3) is 2.23. The molecule has 2 heterocycles. The molecule has 0 aromatic carbocycles. The molecule has 0 unspecified atom stereocenters. The topological polar surface area (TPSA) is 33.5 Å². The second-order valence-corrected chi connectivity index (χ2v) is 9.16. The van der Waals surface area contributed by atoms with E-state index in [2.05, 4.69) is 0 Å². The van der Waals surface area contributed by atoms with Crippen LogP contribution in [0.25, 0.3) is 6.08 Å². The van der Waals surface area contributed by atoms with Gasteiger partial charge in [-0.15, -0.1) is 0 Å². The van der Waals surface area contributed by atoms with Crippen LogP contribution >= 0.6 is 24.0 Å². The molecular formula is C18H19NO2S2. The molecule has 0 spiro atoms. The summed E-state index contributed by atoms with van der Waals surface area (Å²) < 4.78 is 6.09. The monoisotopic (exact) mass is 345 g/mol. The number of thiocarbonyl (C=S) groups is 1. The molecule has 4 bridgehead atoms. The van der Waals surface area contributed by atoms with E-state index < -0.39 is 0 Å². The van der Waals surface area contributed by atoms with Gasteiger partial charge in [-0.2, -0.15) is 0 Å². The molecule has 4 saturated carbocycles. The minimum atomic E-state index is 0.0915. The molecule has 1 aliphatic heterocycles. The molecular weight excluding hydrogens is 326 g/mol. The summed E-state index contributed by atoms with van der Waals surface area (Å²) in [5.41, 5.74) is 0. The number of rotatable bonds is 2. The van der Waals surface area contributed by atoms with Crippen molar-refractivity contribution < 1.29 is 9.21 Å². The van der Waals surface area contributed by atoms with Gasteiger partial charge >= 0.3 is 0 Å². The molecule has 1 aromatic rings. The number of hydrogen-bond donors (Lipinski definition) is 0. The highest BCUT2D eigenvalue weighted by Crippen LogP contribution is 2.56. The van der Waals surface area contributed by atoms with Crippen LogP contribution < -0.4 is 0 Å². The van der Waals surface area contributed by atoms with E-state index in [1.807, 2.05) is 23.1 Å². The van der Waals surface area contributed by atoms with Gasteiger partial charge in [0.2, 0.25) is 0 Å². The second-order valence-electron chi connectivity index (χ2n) is 7.49. The van der Waals surface area contributed by atoms with Crippen molar-refractivity contribution in [2.75, 3.05) is 0 Å². The molecule has 1 amide bonds. The van der Waals surface area contributed by atoms with Gasteiger partial charge in [-0.25, -0.2) is 0 Å². The lowest BCUT2D eigenvalue weighted by Gasteiger charge is -2.56. The van der Waals surface area contributed by atoms with E-state index in [4.69, 9.17) is 16.6 Å². The van der Waals surface area contributed by atoms with Crippen LogP contribution in [0.3, 0.4) is 0 Å². The third-order valence-electron chi connectivity index (χ3n) is 6.12. The summed E-state index contributed by atoms with van der Waals surface area (Å²) in [7, 11) is 0. The predicted octanol–water partition coefficient (Wildman–Crippen LogP) is 4.31. The fourth-order valence-electron chi connectivity index (χ4n) is 5.56. The zero-order valence-electron chi connectivity index (χ0n) is 12.8. The lowest BCUT2D eigenvalue weighted by molar-refractivity contribution is -0.130. The van der Waals surface area contributed by atoms with E-state index in [-0.39, 0.29) is 5.91 Å². The standard InChI is InChI=1S/C18H19NO2S2/c20-17-15(9-14-2-1-3-21-14)23-18(22)19(17)16-12-5-10-4-11(7-12)8-13(16)6-10/h1-3,9-13,16H,4-8H2/b15-9-. The molecule has 4 aliphatic carbocycles. The van der Waals surface area contributed by atoms with E-state index in [9.17, 15) is 4.79 Å². The number of hydrogen-bond acceptors (Lipinski definition) is 4. The third-order valence-corrected chi connectivity index (χ3v) is 7.45. The molecule has 0 radical (unpaired) electrons. The second kappa shape index (κ2) is 5.21. The Labute approximate surface area is 145 Å². The quantitative estimate of drug-likeness (QED) is 0.591. The maximum absolute atomic E-state index is 13.0. The first kappa shape index (κ1) is 14.3. The van der Waals surface area contributed by atoms with Gasteiger partial charge in [0.1, 0.15) is 10.1 Å². The SMILES string of the molecule is O=C1/C(=C/c2ccco2)SC(=S)N1C1C2CC3CC(C2)CC1C3. The minimum Gasteiger partial charge on any atom is -0.465 e. The minimum absolute atomic E-state index is 0.0915. The van der Waals surface area contributed by atoms with Gasteiger partial charge in [0, 0.05) is 12.1 Å². The molecule has 0 atom stereocenters. The van der Waals surface area contributed by atoms with Crippen LogP contribution in [-0.4, -0.2) is 21.2 Å². The van der Waals surface area contributed by atoms with E-state index in [1.165, 1.54) is 43.9 Å². The van der Waals surface area contributed by atoms with Crippen molar-refractivity contribution in [2.45, 2.75) is 38.1 Å². The van der Waals surface area contributed by atoms with Gasteiger partial charge in [-0.05, 0) is 67.9 Å². The maximum Gasteiger partial charge on any atom is 0.266 e. The number of furan rings is 1. The maximum atomic E-state index is 13.0. The Morgan fingerprint density at radius 1 is 1.17 bits per heavy atom. The van der Waals surface area contributed by atoms with E-state index in [0.717, 1.165) is 21.9 Å². The zero-order chi connectivity index (χ0) is 15.6. The van der Waals surface area contributed by atoms with Crippen LogP contribution in [0.4, 0.5) is 0 Å². The summed E-state index contributed by atoms with van der Waals surface area (Å²) in [4.78, 5) is 15.6. The molecule has 1 saturated heterocycles. The molecule has 120 valence electrons. The summed E-state index contributed by atoms with van der Waals surface area (Å²) in [6.07, 6.45) is 10.1. The molecule has 23 heavy (non-hydrogen) atoms. The summed E-state index contributed by atoms with van der Waals surface area (Å²) in [5.74, 6) is 3.95. The van der Waals surface area contributed by atoms with Crippen LogP contribution in [0.5, 0.6) is 0 Å². The van der Waals surface area contributed by atoms with E-state index in [0.29, 0.717) is 22.8 Å². The van der Waals surface area contributed by atoms with Crippen LogP contribution in [0.1, 0.15) is 37.9 Å². The number of carbonyl (C=O) groups is 1. The Morgan fingerprint density at radius 3 is 2.48 bits per heavy atom. The number of amides is 1. The van der Waals surface area contributed by atoms with Gasteiger partial charge in [0.25, 0.3) is 5.91 Å². The average Bonchev–Trinajstić information content (AvgIpc) is 3.10. The Kier molecular flexibility index (Phi) is 3.24. The fraction of sp³-hybridized carbons (Fsp3) is 0.556. The first-order valence-electron chi connectivity index (χ1n) is 8.49. The van der Waals surface area contributed by atoms with Crippen molar-refractivity contribution in [1.82, 2.24) is 4.90 Å². The predicted molar refractivity (Wildman–Crippen MR) is 94.6 cm³/mol. The highest BCUT2D eigenvalue weighted by Gasteiger charge is 2.53. The Hall–Kier alpha value is -1.07. The molecule has 5 aliphatic rings. The van der Waals surface area contributed by atoms with Crippen molar-refractivity contribution >= 4 is 40.3 Å². The molecule has 3 nitrogen and oxygen atoms in total. The van der Waals surface area contributed by atoms with Gasteiger partial charge < -0.3 is 4.42 Å². The van der Waals surface area contributed by atoms with Crippen molar-refractivity contribution in [3.8, 4) is 0 Å². The molecule has 6 rings (SSSR count). The van der Waals surface area contributed by atoms with Gasteiger partial charge in [0.05, 0.1) is 11.2 Å². The van der Waals surface area contributed by atoms with Gasteiger partial charge in [-0.3, -0.25) is 9.69 Å². The molecule has 5 fully saturated rings. The zero-order valence-corrected chi connectivity index (χ0v) is 14.4. The number of carbonyl (C=O) groups excluding carboxylic acids is 1. The van der Waals surface area contributed by atoms with Crippen LogP contribution in [0.2, 0.25) is 0 Å². The number of thioether (sulfide) groups is 1. The lowest BCUT2D eigenvalue weighted by atomic mass is 9.54. The fourth-order valence-corrected chi connectivity index (χ4v) is 6.88. The molecule has 5 heteroatoms. The van der Waals surface area contributed by atoms with Crippen molar-refractivity contribution in [3.63, 3.8) is 0 Å². The molecule has 0 N–H and O–H groups in total. The normalized spacial score (nSPS) is 40.6. The first-order chi connectivity index (χ1) is 11.2. The van der Waals surface area contributed by atoms with Crippen molar-refractivity contribution in [3.05, 3.63) is 29.1 Å². The van der Waals surface area contributed by atoms with Crippen LogP contribution in [-0.2, 0) is 4.79 Å². The van der Waals surface area contributed by atoms with Crippen molar-refractivity contribution in [2.24, 2.45) is 23.7 Å². The smallest absolute Gasteiger partial charge is 0.266 e. The van der Waals surface area contributed by atoms with Gasteiger partial charge in [0.15, 0.2) is 0 Å². The van der Waals surface area contributed by atoms with Crippen molar-refractivity contribution in [1.29, 1.82) is 0 Å². The Morgan fingerprint density at radius 2 is 1.87 bits per heavy atom. The first-order valence-corrected chi connectivity index (χ1v) is 9.72. The van der Waals surface area contributed by atoms with Gasteiger partial charge in [-0.1, -0.05) is 24.0 Å². The Bertz CT molecular complexity index is 666. The van der Waals surface area contributed by atoms with E-state index >= 15 is 0 Å². The van der Waals surface area contributed by atoms with Crippen LogP contribution in [0.15, 0.2) is 27.7 Å². The highest BCUT2D eigenvalue weighted by molar-refractivity contribution is 8.26. The molecule has 1 aromatic heterocycles. The lowest BCUT2D eigenvalue weighted by Crippen LogP contribution is -2.57. The summed E-state index contributed by atoms with van der Waals surface area (Å²) in [5, 5.41) is 0. The largest absolute Gasteiger partial charge is 0.465 e. The summed E-state index contributed by atoms with van der Waals surface area (Å²) in [6, 6.07) is 4.05. The number of nitrogens with zero attached hydrogens (tertiary/aromatic N) is 1. The summed E-state index contributed by atoms with van der Waals surface area (Å²) in [6.45, 7) is 0. The summed E-state index contributed by atoms with van der Waals surface area (Å²) >= 11 is 7.02.